The number of ether oxygens (including phenoxy) is 1. The number of carboxylic acids is 1. The van der Waals surface area contributed by atoms with Gasteiger partial charge in [0, 0.05) is 18.2 Å². The fourth-order valence-corrected chi connectivity index (χ4v) is 1.96. The van der Waals surface area contributed by atoms with Crippen molar-refractivity contribution >= 4 is 23.5 Å². The second-order valence-electron chi connectivity index (χ2n) is 4.59. The number of carbonyl (C=O) groups excluding carboxylic acids is 1. The first kappa shape index (κ1) is 16.3. The van der Waals surface area contributed by atoms with Gasteiger partial charge in [-0.05, 0) is 32.0 Å². The van der Waals surface area contributed by atoms with Crippen LogP contribution >= 0.6 is 11.6 Å². The van der Waals surface area contributed by atoms with E-state index in [0.717, 1.165) is 0 Å². The van der Waals surface area contributed by atoms with E-state index in [4.69, 9.17) is 21.4 Å². The van der Waals surface area contributed by atoms with Crippen molar-refractivity contribution in [2.45, 2.75) is 26.3 Å². The minimum atomic E-state index is -0.933. The molecule has 0 heterocycles. The number of carbonyl (C=O) groups is 2. The Morgan fingerprint density at radius 2 is 2.05 bits per heavy atom. The second-order valence-corrected chi connectivity index (χ2v) is 4.99. The summed E-state index contributed by atoms with van der Waals surface area (Å²) in [5.74, 6) is -0.757. The minimum Gasteiger partial charge on any atom is -0.495 e. The first-order valence-electron chi connectivity index (χ1n) is 6.23. The number of rotatable bonds is 6. The second kappa shape index (κ2) is 7.14. The Hall–Kier alpha value is -1.75. The fourth-order valence-electron chi connectivity index (χ4n) is 1.77. The maximum absolute atomic E-state index is 12.4. The number of amides is 1. The smallest absolute Gasteiger partial charge is 0.305 e. The van der Waals surface area contributed by atoms with Gasteiger partial charge in [0.05, 0.1) is 18.6 Å². The summed E-state index contributed by atoms with van der Waals surface area (Å²) in [5, 5.41) is 9.16. The summed E-state index contributed by atoms with van der Waals surface area (Å²) in [7, 11) is 1.47. The van der Waals surface area contributed by atoms with Gasteiger partial charge in [-0.1, -0.05) is 11.6 Å². The van der Waals surface area contributed by atoms with Crippen molar-refractivity contribution in [3.63, 3.8) is 0 Å². The molecule has 1 N–H and O–H groups in total. The van der Waals surface area contributed by atoms with E-state index in [1.54, 1.807) is 18.2 Å². The molecule has 1 aromatic rings. The van der Waals surface area contributed by atoms with Gasteiger partial charge in [0.1, 0.15) is 5.75 Å². The number of benzene rings is 1. The van der Waals surface area contributed by atoms with Crippen LogP contribution in [0.2, 0.25) is 5.02 Å². The Balaban J connectivity index is 2.97. The van der Waals surface area contributed by atoms with E-state index >= 15 is 0 Å². The molecule has 0 bridgehead atoms. The molecule has 20 heavy (non-hydrogen) atoms. The average Bonchev–Trinajstić information content (AvgIpc) is 2.38. The van der Waals surface area contributed by atoms with Crippen molar-refractivity contribution in [3.8, 4) is 5.75 Å². The number of carboxylic acid groups (broad SMARTS) is 1. The molecule has 1 aromatic carbocycles. The average molecular weight is 300 g/mol. The quantitative estimate of drug-likeness (QED) is 0.877. The Labute approximate surface area is 123 Å². The van der Waals surface area contributed by atoms with Crippen molar-refractivity contribution in [1.29, 1.82) is 0 Å². The molecule has 0 saturated heterocycles. The molecule has 0 saturated carbocycles. The molecule has 0 radical (unpaired) electrons. The molecule has 1 rings (SSSR count). The Kier molecular flexibility index (Phi) is 5.82. The summed E-state index contributed by atoms with van der Waals surface area (Å²) in [4.78, 5) is 24.6. The lowest BCUT2D eigenvalue weighted by molar-refractivity contribution is -0.137. The summed E-state index contributed by atoms with van der Waals surface area (Å²) in [6.45, 7) is 3.84. The maximum atomic E-state index is 12.4. The van der Waals surface area contributed by atoms with Gasteiger partial charge >= 0.3 is 5.97 Å². The summed E-state index contributed by atoms with van der Waals surface area (Å²) in [5.41, 5.74) is 0.422. The van der Waals surface area contributed by atoms with Gasteiger partial charge in [-0.2, -0.15) is 0 Å². The van der Waals surface area contributed by atoms with Crippen molar-refractivity contribution in [2.75, 3.05) is 13.7 Å². The molecule has 110 valence electrons. The van der Waals surface area contributed by atoms with Gasteiger partial charge in [-0.25, -0.2) is 0 Å². The van der Waals surface area contributed by atoms with Crippen LogP contribution in [0, 0.1) is 0 Å². The van der Waals surface area contributed by atoms with Gasteiger partial charge in [0.15, 0.2) is 0 Å². The third-order valence-electron chi connectivity index (χ3n) is 2.85. The number of methoxy groups -OCH3 is 1. The molecule has 6 heteroatoms. The number of halogens is 1. The molecule has 0 aromatic heterocycles. The maximum Gasteiger partial charge on any atom is 0.305 e. The minimum absolute atomic E-state index is 0.0886. The van der Waals surface area contributed by atoms with E-state index in [0.29, 0.717) is 16.3 Å². The lowest BCUT2D eigenvalue weighted by Crippen LogP contribution is -2.38. The van der Waals surface area contributed by atoms with Crippen LogP contribution in [0.1, 0.15) is 30.6 Å². The zero-order chi connectivity index (χ0) is 15.3. The fraction of sp³-hybridized carbons (Fsp3) is 0.429. The topological polar surface area (TPSA) is 66.8 Å². The SMILES string of the molecule is COc1cc(C(=O)N(CCC(=O)O)C(C)C)ccc1Cl. The highest BCUT2D eigenvalue weighted by Gasteiger charge is 2.20. The summed E-state index contributed by atoms with van der Waals surface area (Å²) >= 11 is 5.92. The van der Waals surface area contributed by atoms with E-state index in [1.807, 2.05) is 13.8 Å². The number of hydrogen-bond donors (Lipinski definition) is 1. The van der Waals surface area contributed by atoms with Gasteiger partial charge in [-0.15, -0.1) is 0 Å². The molecule has 0 atom stereocenters. The van der Waals surface area contributed by atoms with Crippen LogP contribution in [-0.4, -0.2) is 41.6 Å². The Morgan fingerprint density at radius 3 is 2.55 bits per heavy atom. The van der Waals surface area contributed by atoms with Crippen LogP contribution in [-0.2, 0) is 4.79 Å². The van der Waals surface area contributed by atoms with Gasteiger partial charge < -0.3 is 14.7 Å². The van der Waals surface area contributed by atoms with E-state index < -0.39 is 5.97 Å². The van der Waals surface area contributed by atoms with Crippen LogP contribution in [0.3, 0.4) is 0 Å². The number of hydrogen-bond acceptors (Lipinski definition) is 3. The Bertz CT molecular complexity index is 502. The third-order valence-corrected chi connectivity index (χ3v) is 3.16. The lowest BCUT2D eigenvalue weighted by atomic mass is 10.1. The van der Waals surface area contributed by atoms with E-state index in [-0.39, 0.29) is 24.9 Å². The highest BCUT2D eigenvalue weighted by molar-refractivity contribution is 6.32. The van der Waals surface area contributed by atoms with Crippen molar-refractivity contribution < 1.29 is 19.4 Å². The van der Waals surface area contributed by atoms with E-state index in [9.17, 15) is 9.59 Å². The predicted molar refractivity (Wildman–Crippen MR) is 76.4 cm³/mol. The van der Waals surface area contributed by atoms with Crippen molar-refractivity contribution in [2.24, 2.45) is 0 Å². The lowest BCUT2D eigenvalue weighted by Gasteiger charge is -2.26. The third kappa shape index (κ3) is 4.13. The molecule has 5 nitrogen and oxygen atoms in total. The van der Waals surface area contributed by atoms with Gasteiger partial charge in [0.25, 0.3) is 5.91 Å². The van der Waals surface area contributed by atoms with Crippen LogP contribution in [0.5, 0.6) is 5.75 Å². The zero-order valence-corrected chi connectivity index (χ0v) is 12.5. The molecule has 0 aliphatic carbocycles. The van der Waals surface area contributed by atoms with Crippen LogP contribution < -0.4 is 4.74 Å². The molecule has 0 aliphatic heterocycles. The molecular formula is C14H18ClNO4. The molecular weight excluding hydrogens is 282 g/mol. The normalized spacial score (nSPS) is 10.4. The van der Waals surface area contributed by atoms with E-state index in [2.05, 4.69) is 0 Å². The molecule has 0 spiro atoms. The van der Waals surface area contributed by atoms with E-state index in [1.165, 1.54) is 12.0 Å². The van der Waals surface area contributed by atoms with Gasteiger partial charge in [-0.3, -0.25) is 9.59 Å². The predicted octanol–water partition coefficient (Wildman–Crippen LogP) is 2.67. The molecule has 0 unspecified atom stereocenters. The van der Waals surface area contributed by atoms with Gasteiger partial charge in [0.2, 0.25) is 0 Å². The van der Waals surface area contributed by atoms with Crippen molar-refractivity contribution in [3.05, 3.63) is 28.8 Å². The summed E-state index contributed by atoms with van der Waals surface area (Å²) in [6, 6.07) is 4.65. The standard InChI is InChI=1S/C14H18ClNO4/c1-9(2)16(7-6-13(17)18)14(19)10-4-5-11(15)12(8-10)20-3/h4-5,8-9H,6-7H2,1-3H3,(H,17,18). The number of nitrogens with zero attached hydrogens (tertiary/aromatic N) is 1. The number of aliphatic carboxylic acids is 1. The highest BCUT2D eigenvalue weighted by Crippen LogP contribution is 2.25. The molecule has 0 aliphatic rings. The first-order valence-corrected chi connectivity index (χ1v) is 6.61. The first-order chi connectivity index (χ1) is 9.36. The van der Waals surface area contributed by atoms with Crippen LogP contribution in [0.4, 0.5) is 0 Å². The summed E-state index contributed by atoms with van der Waals surface area (Å²) in [6.07, 6.45) is -0.0886. The largest absolute Gasteiger partial charge is 0.495 e. The molecule has 0 fully saturated rings. The highest BCUT2D eigenvalue weighted by atomic mass is 35.5. The summed E-state index contributed by atoms with van der Waals surface area (Å²) < 4.78 is 5.08. The van der Waals surface area contributed by atoms with Crippen LogP contribution in [0.15, 0.2) is 18.2 Å². The molecule has 1 amide bonds. The monoisotopic (exact) mass is 299 g/mol. The Morgan fingerprint density at radius 1 is 1.40 bits per heavy atom. The van der Waals surface area contributed by atoms with Crippen molar-refractivity contribution in [1.82, 2.24) is 4.90 Å². The van der Waals surface area contributed by atoms with Crippen LogP contribution in [0.25, 0.3) is 0 Å². The zero-order valence-electron chi connectivity index (χ0n) is 11.7.